The van der Waals surface area contributed by atoms with E-state index in [1.54, 1.807) is 9.42 Å². The molecule has 1 saturated heterocycles. The molecule has 0 bridgehead atoms. The number of hydrogen-bond acceptors (Lipinski definition) is 5. The van der Waals surface area contributed by atoms with Crippen LogP contribution in [0, 0.1) is 0 Å². The molecule has 3 rings (SSSR count). The summed E-state index contributed by atoms with van der Waals surface area (Å²) in [5, 5.41) is 15.1. The number of fused-ring (bicyclic) bond motifs is 1. The van der Waals surface area contributed by atoms with Gasteiger partial charge in [0.1, 0.15) is 18.2 Å². The van der Waals surface area contributed by atoms with Gasteiger partial charge >= 0.3 is 0 Å². The summed E-state index contributed by atoms with van der Waals surface area (Å²) in [5.74, 6) is 0.780. The second kappa shape index (κ2) is 4.25. The predicted octanol–water partition coefficient (Wildman–Crippen LogP) is 0.157. The number of aromatic nitrogens is 4. The van der Waals surface area contributed by atoms with Crippen molar-refractivity contribution in [3.63, 3.8) is 0 Å². The van der Waals surface area contributed by atoms with Crippen molar-refractivity contribution in [2.24, 2.45) is 0 Å². The Labute approximate surface area is 104 Å². The highest BCUT2D eigenvalue weighted by Gasteiger charge is 2.26. The van der Waals surface area contributed by atoms with Crippen molar-refractivity contribution in [3.05, 3.63) is 18.5 Å². The molecule has 18 heavy (non-hydrogen) atoms. The zero-order valence-corrected chi connectivity index (χ0v) is 10.1. The van der Waals surface area contributed by atoms with Crippen LogP contribution in [-0.2, 0) is 4.79 Å². The first-order valence-corrected chi connectivity index (χ1v) is 5.92. The minimum Gasteiger partial charge on any atom is -0.357 e. The minimum atomic E-state index is -0.190. The van der Waals surface area contributed by atoms with E-state index in [0.29, 0.717) is 11.5 Å². The highest BCUT2D eigenvalue weighted by Crippen LogP contribution is 2.14. The van der Waals surface area contributed by atoms with Crippen LogP contribution in [0.5, 0.6) is 0 Å². The lowest BCUT2D eigenvalue weighted by molar-refractivity contribution is -0.132. The van der Waals surface area contributed by atoms with Gasteiger partial charge in [-0.15, -0.1) is 15.3 Å². The Kier molecular flexibility index (Phi) is 2.58. The Balaban J connectivity index is 1.80. The van der Waals surface area contributed by atoms with E-state index >= 15 is 0 Å². The summed E-state index contributed by atoms with van der Waals surface area (Å²) in [7, 11) is 1.83. The number of anilines is 1. The van der Waals surface area contributed by atoms with Gasteiger partial charge in [-0.25, -0.2) is 0 Å². The second-order valence-corrected chi connectivity index (χ2v) is 4.45. The number of rotatable bonds is 2. The van der Waals surface area contributed by atoms with E-state index in [-0.39, 0.29) is 11.9 Å². The quantitative estimate of drug-likeness (QED) is 0.816. The summed E-state index contributed by atoms with van der Waals surface area (Å²) in [4.78, 5) is 13.7. The number of nitrogens with zero attached hydrogens (tertiary/aromatic N) is 5. The Morgan fingerprint density at radius 2 is 2.33 bits per heavy atom. The van der Waals surface area contributed by atoms with Crippen molar-refractivity contribution in [3.8, 4) is 0 Å². The number of likely N-dealkylation sites (tertiary alicyclic amines) is 1. The molecule has 1 fully saturated rings. The molecule has 7 heteroatoms. The van der Waals surface area contributed by atoms with Crippen molar-refractivity contribution in [2.45, 2.75) is 18.9 Å². The largest absolute Gasteiger partial charge is 0.357 e. The summed E-state index contributed by atoms with van der Waals surface area (Å²) in [6.07, 6.45) is 3.38. The number of nitrogens with one attached hydrogen (secondary N) is 1. The van der Waals surface area contributed by atoms with Gasteiger partial charge in [-0.2, -0.15) is 4.52 Å². The summed E-state index contributed by atoms with van der Waals surface area (Å²) >= 11 is 0. The molecule has 0 radical (unpaired) electrons. The summed E-state index contributed by atoms with van der Waals surface area (Å²) in [6.45, 7) is 0.828. The van der Waals surface area contributed by atoms with Crippen molar-refractivity contribution < 1.29 is 4.79 Å². The minimum absolute atomic E-state index is 0.118. The van der Waals surface area contributed by atoms with Gasteiger partial charge < -0.3 is 10.2 Å². The molecule has 0 aliphatic carbocycles. The summed E-state index contributed by atoms with van der Waals surface area (Å²) in [5.41, 5.74) is 0.688. The van der Waals surface area contributed by atoms with Crippen molar-refractivity contribution in [1.82, 2.24) is 24.7 Å². The number of hydrogen-bond donors (Lipinski definition) is 1. The fourth-order valence-electron chi connectivity index (χ4n) is 2.15. The number of carbonyl (C=O) groups excluding carboxylic acids is 1. The molecule has 0 spiro atoms. The van der Waals surface area contributed by atoms with Gasteiger partial charge in [0, 0.05) is 13.6 Å². The number of amides is 1. The van der Waals surface area contributed by atoms with Crippen LogP contribution in [0.2, 0.25) is 0 Å². The van der Waals surface area contributed by atoms with Gasteiger partial charge in [0.25, 0.3) is 0 Å². The van der Waals surface area contributed by atoms with E-state index in [0.717, 1.165) is 19.4 Å². The van der Waals surface area contributed by atoms with Crippen molar-refractivity contribution >= 4 is 17.4 Å². The third-order valence-electron chi connectivity index (χ3n) is 3.14. The molecule has 2 aromatic heterocycles. The molecular formula is C11H14N6O. The predicted molar refractivity (Wildman–Crippen MR) is 65.1 cm³/mol. The van der Waals surface area contributed by atoms with Crippen molar-refractivity contribution in [1.29, 1.82) is 0 Å². The molecule has 94 valence electrons. The Morgan fingerprint density at radius 3 is 3.22 bits per heavy atom. The fourth-order valence-corrected chi connectivity index (χ4v) is 2.15. The van der Waals surface area contributed by atoms with Gasteiger partial charge in [0.15, 0.2) is 5.65 Å². The number of piperidine rings is 1. The normalized spacial score (nSPS) is 20.4. The average molecular weight is 246 g/mol. The molecule has 1 aliphatic rings. The molecule has 0 aromatic carbocycles. The fraction of sp³-hybridized carbons (Fsp3) is 0.455. The van der Waals surface area contributed by atoms with E-state index in [9.17, 15) is 4.79 Å². The topological polar surface area (TPSA) is 75.4 Å². The molecule has 1 amide bonds. The van der Waals surface area contributed by atoms with Gasteiger partial charge in [-0.05, 0) is 25.0 Å². The molecule has 1 N–H and O–H groups in total. The second-order valence-electron chi connectivity index (χ2n) is 4.45. The first-order chi connectivity index (χ1) is 8.74. The van der Waals surface area contributed by atoms with E-state index in [1.165, 1.54) is 6.33 Å². The smallest absolute Gasteiger partial charge is 0.244 e. The van der Waals surface area contributed by atoms with Crippen LogP contribution in [0.1, 0.15) is 12.8 Å². The van der Waals surface area contributed by atoms with Crippen LogP contribution in [0.3, 0.4) is 0 Å². The SMILES string of the molecule is CN1CCCC(Nc2ccc3nncn3n2)C1=O. The van der Waals surface area contributed by atoms with Gasteiger partial charge in [0.05, 0.1) is 0 Å². The Hall–Kier alpha value is -2.18. The number of carbonyl (C=O) groups is 1. The molecule has 1 unspecified atom stereocenters. The molecule has 2 aromatic rings. The first-order valence-electron chi connectivity index (χ1n) is 5.92. The lowest BCUT2D eigenvalue weighted by atomic mass is 10.1. The van der Waals surface area contributed by atoms with Crippen LogP contribution in [0.4, 0.5) is 5.82 Å². The van der Waals surface area contributed by atoms with E-state index in [4.69, 9.17) is 0 Å². The maximum atomic E-state index is 11.9. The molecule has 3 heterocycles. The van der Waals surface area contributed by atoms with Crippen molar-refractivity contribution in [2.75, 3.05) is 18.9 Å². The number of likely N-dealkylation sites (N-methyl/N-ethyl adjacent to an activating group) is 1. The summed E-state index contributed by atoms with van der Waals surface area (Å²) in [6, 6.07) is 3.44. The zero-order valence-electron chi connectivity index (χ0n) is 10.1. The monoisotopic (exact) mass is 246 g/mol. The molecule has 7 nitrogen and oxygen atoms in total. The van der Waals surface area contributed by atoms with E-state index in [2.05, 4.69) is 20.6 Å². The lowest BCUT2D eigenvalue weighted by Crippen LogP contribution is -2.45. The Bertz CT molecular complexity index is 580. The highest BCUT2D eigenvalue weighted by molar-refractivity contribution is 5.84. The zero-order chi connectivity index (χ0) is 12.5. The van der Waals surface area contributed by atoms with Crippen LogP contribution >= 0.6 is 0 Å². The van der Waals surface area contributed by atoms with Crippen LogP contribution < -0.4 is 5.32 Å². The van der Waals surface area contributed by atoms with E-state index in [1.807, 2.05) is 19.2 Å². The first kappa shape index (κ1) is 10.9. The van der Waals surface area contributed by atoms with E-state index < -0.39 is 0 Å². The lowest BCUT2D eigenvalue weighted by Gasteiger charge is -2.29. The van der Waals surface area contributed by atoms with Crippen LogP contribution in [-0.4, -0.2) is 50.3 Å². The summed E-state index contributed by atoms with van der Waals surface area (Å²) < 4.78 is 1.58. The maximum Gasteiger partial charge on any atom is 0.244 e. The molecule has 1 aliphatic heterocycles. The third-order valence-corrected chi connectivity index (χ3v) is 3.14. The van der Waals surface area contributed by atoms with Gasteiger partial charge in [0.2, 0.25) is 5.91 Å². The molecule has 0 saturated carbocycles. The standard InChI is InChI=1S/C11H14N6O/c1-16-6-2-3-8(11(16)18)13-9-4-5-10-14-12-7-17(10)15-9/h4-5,7-8H,2-3,6H2,1H3,(H,13,15). The molecular weight excluding hydrogens is 232 g/mol. The van der Waals surface area contributed by atoms with Crippen LogP contribution in [0.15, 0.2) is 18.5 Å². The molecule has 1 atom stereocenters. The van der Waals surface area contributed by atoms with Crippen LogP contribution in [0.25, 0.3) is 5.65 Å². The average Bonchev–Trinajstić information content (AvgIpc) is 2.82. The van der Waals surface area contributed by atoms with Gasteiger partial charge in [-0.3, -0.25) is 4.79 Å². The highest BCUT2D eigenvalue weighted by atomic mass is 16.2. The Morgan fingerprint density at radius 1 is 1.44 bits per heavy atom. The third kappa shape index (κ3) is 1.87. The van der Waals surface area contributed by atoms with Gasteiger partial charge in [-0.1, -0.05) is 0 Å². The maximum absolute atomic E-state index is 11.9.